The number of rotatable bonds is 4. The molecule has 0 amide bonds. The van der Waals surface area contributed by atoms with E-state index >= 15 is 0 Å². The molecule has 0 atom stereocenters. The fourth-order valence-corrected chi connectivity index (χ4v) is 3.46. The first-order valence-electron chi connectivity index (χ1n) is 7.32. The predicted octanol–water partition coefficient (Wildman–Crippen LogP) is 5.12. The van der Waals surface area contributed by atoms with E-state index in [0.717, 1.165) is 15.9 Å². The number of hydrogen-bond acceptors (Lipinski definition) is 2. The minimum absolute atomic E-state index is 0.566. The number of hydrogen-bond donors (Lipinski definition) is 1. The molecule has 1 saturated carbocycles. The third-order valence-electron chi connectivity index (χ3n) is 4.17. The fourth-order valence-electron chi connectivity index (χ4n) is 2.92. The summed E-state index contributed by atoms with van der Waals surface area (Å²) in [6.45, 7) is 2.16. The zero-order chi connectivity index (χ0) is 14.8. The van der Waals surface area contributed by atoms with Gasteiger partial charge >= 0.3 is 0 Å². The van der Waals surface area contributed by atoms with E-state index in [1.165, 1.54) is 24.0 Å². The first kappa shape index (κ1) is 14.5. The summed E-state index contributed by atoms with van der Waals surface area (Å²) in [6, 6.07) is 15.6. The van der Waals surface area contributed by atoms with Crippen LogP contribution in [-0.4, -0.2) is 13.2 Å². The summed E-state index contributed by atoms with van der Waals surface area (Å²) < 4.78 is 6.25. The fraction of sp³-hybridized carbons (Fsp3) is 0.333. The number of nitrogens with one attached hydrogen (secondary N) is 1. The molecule has 0 aromatic heterocycles. The van der Waals surface area contributed by atoms with Crippen LogP contribution in [0.1, 0.15) is 29.9 Å². The number of ether oxygens (including phenoxy) is 1. The molecule has 2 aromatic rings. The Morgan fingerprint density at radius 3 is 2.62 bits per heavy atom. The SMILES string of the molecule is COc1ccc(NC2CC(c3cccc(C)c3)C2)cc1Br. The quantitative estimate of drug-likeness (QED) is 0.829. The van der Waals surface area contributed by atoms with Crippen molar-refractivity contribution in [2.24, 2.45) is 0 Å². The van der Waals surface area contributed by atoms with Crippen LogP contribution >= 0.6 is 15.9 Å². The van der Waals surface area contributed by atoms with E-state index in [1.54, 1.807) is 7.11 Å². The molecular formula is C18H20BrNO. The Bertz CT molecular complexity index is 635. The average molecular weight is 346 g/mol. The zero-order valence-corrected chi connectivity index (χ0v) is 14.0. The molecule has 0 heterocycles. The van der Waals surface area contributed by atoms with E-state index < -0.39 is 0 Å². The van der Waals surface area contributed by atoms with Crippen LogP contribution < -0.4 is 10.1 Å². The highest BCUT2D eigenvalue weighted by Gasteiger charge is 2.30. The number of benzene rings is 2. The van der Waals surface area contributed by atoms with Crippen LogP contribution in [-0.2, 0) is 0 Å². The second-order valence-electron chi connectivity index (χ2n) is 5.77. The van der Waals surface area contributed by atoms with Crippen LogP contribution in [0.3, 0.4) is 0 Å². The van der Waals surface area contributed by atoms with Gasteiger partial charge in [0.05, 0.1) is 11.6 Å². The molecule has 1 aliphatic carbocycles. The minimum Gasteiger partial charge on any atom is -0.496 e. The van der Waals surface area contributed by atoms with E-state index in [0.29, 0.717) is 12.0 Å². The topological polar surface area (TPSA) is 21.3 Å². The summed E-state index contributed by atoms with van der Waals surface area (Å²) in [4.78, 5) is 0. The Kier molecular flexibility index (Phi) is 4.20. The number of aryl methyl sites for hydroxylation is 1. The van der Waals surface area contributed by atoms with Crippen molar-refractivity contribution in [1.82, 2.24) is 0 Å². The van der Waals surface area contributed by atoms with E-state index in [4.69, 9.17) is 4.74 Å². The third-order valence-corrected chi connectivity index (χ3v) is 4.79. The lowest BCUT2D eigenvalue weighted by atomic mass is 9.75. The highest BCUT2D eigenvalue weighted by Crippen LogP contribution is 2.39. The van der Waals surface area contributed by atoms with Crippen molar-refractivity contribution in [3.8, 4) is 5.75 Å². The standard InChI is InChI=1S/C18H20BrNO/c1-12-4-3-5-13(8-12)14-9-16(10-14)20-15-6-7-18(21-2)17(19)11-15/h3-8,11,14,16,20H,9-10H2,1-2H3. The summed E-state index contributed by atoms with van der Waals surface area (Å²) in [5, 5.41) is 3.60. The lowest BCUT2D eigenvalue weighted by molar-refractivity contribution is 0.374. The average Bonchev–Trinajstić information content (AvgIpc) is 2.42. The maximum atomic E-state index is 5.26. The molecule has 0 radical (unpaired) electrons. The predicted molar refractivity (Wildman–Crippen MR) is 91.3 cm³/mol. The van der Waals surface area contributed by atoms with Gasteiger partial charge in [0.1, 0.15) is 5.75 Å². The molecule has 0 spiro atoms. The van der Waals surface area contributed by atoms with Gasteiger partial charge in [0.25, 0.3) is 0 Å². The molecular weight excluding hydrogens is 326 g/mol. The van der Waals surface area contributed by atoms with Gasteiger partial charge < -0.3 is 10.1 Å². The highest BCUT2D eigenvalue weighted by molar-refractivity contribution is 9.10. The van der Waals surface area contributed by atoms with Gasteiger partial charge in [-0.15, -0.1) is 0 Å². The van der Waals surface area contributed by atoms with Crippen LogP contribution in [0.15, 0.2) is 46.9 Å². The first-order chi connectivity index (χ1) is 10.2. The molecule has 0 bridgehead atoms. The summed E-state index contributed by atoms with van der Waals surface area (Å²) in [5.74, 6) is 1.57. The minimum atomic E-state index is 0.566. The van der Waals surface area contributed by atoms with Gasteiger partial charge in [0.15, 0.2) is 0 Å². The Morgan fingerprint density at radius 2 is 1.95 bits per heavy atom. The van der Waals surface area contributed by atoms with Crippen molar-refractivity contribution in [3.05, 3.63) is 58.1 Å². The van der Waals surface area contributed by atoms with Crippen LogP contribution in [0, 0.1) is 6.92 Å². The van der Waals surface area contributed by atoms with E-state index in [9.17, 15) is 0 Å². The zero-order valence-electron chi connectivity index (χ0n) is 12.4. The first-order valence-corrected chi connectivity index (χ1v) is 8.11. The maximum Gasteiger partial charge on any atom is 0.133 e. The van der Waals surface area contributed by atoms with Gasteiger partial charge in [-0.05, 0) is 65.4 Å². The summed E-state index contributed by atoms with van der Waals surface area (Å²) in [6.07, 6.45) is 2.40. The highest BCUT2D eigenvalue weighted by atomic mass is 79.9. The van der Waals surface area contributed by atoms with E-state index in [2.05, 4.69) is 64.6 Å². The Hall–Kier alpha value is -1.48. The van der Waals surface area contributed by atoms with Gasteiger partial charge in [-0.1, -0.05) is 29.8 Å². The Balaban J connectivity index is 1.58. The van der Waals surface area contributed by atoms with Crippen LogP contribution in [0.2, 0.25) is 0 Å². The molecule has 2 aromatic carbocycles. The number of halogens is 1. The molecule has 2 nitrogen and oxygen atoms in total. The lowest BCUT2D eigenvalue weighted by Crippen LogP contribution is -2.34. The second kappa shape index (κ2) is 6.10. The summed E-state index contributed by atoms with van der Waals surface area (Å²) >= 11 is 3.53. The third kappa shape index (κ3) is 3.24. The van der Waals surface area contributed by atoms with Crippen LogP contribution in [0.5, 0.6) is 5.75 Å². The van der Waals surface area contributed by atoms with E-state index in [-0.39, 0.29) is 0 Å². The van der Waals surface area contributed by atoms with Crippen LogP contribution in [0.25, 0.3) is 0 Å². The molecule has 3 heteroatoms. The van der Waals surface area contributed by atoms with Gasteiger partial charge in [0.2, 0.25) is 0 Å². The van der Waals surface area contributed by atoms with E-state index in [1.807, 2.05) is 6.07 Å². The molecule has 1 fully saturated rings. The summed E-state index contributed by atoms with van der Waals surface area (Å²) in [7, 11) is 1.69. The summed E-state index contributed by atoms with van der Waals surface area (Å²) in [5.41, 5.74) is 3.97. The van der Waals surface area contributed by atoms with Crippen LogP contribution in [0.4, 0.5) is 5.69 Å². The lowest BCUT2D eigenvalue weighted by Gasteiger charge is -2.37. The molecule has 21 heavy (non-hydrogen) atoms. The largest absolute Gasteiger partial charge is 0.496 e. The molecule has 0 aliphatic heterocycles. The smallest absolute Gasteiger partial charge is 0.133 e. The van der Waals surface area contributed by atoms with Crippen molar-refractivity contribution in [2.75, 3.05) is 12.4 Å². The second-order valence-corrected chi connectivity index (χ2v) is 6.63. The van der Waals surface area contributed by atoms with Gasteiger partial charge in [-0.2, -0.15) is 0 Å². The van der Waals surface area contributed by atoms with Gasteiger partial charge in [-0.3, -0.25) is 0 Å². The Morgan fingerprint density at radius 1 is 1.14 bits per heavy atom. The normalized spacial score (nSPS) is 20.7. The van der Waals surface area contributed by atoms with Gasteiger partial charge in [0, 0.05) is 11.7 Å². The van der Waals surface area contributed by atoms with Crippen molar-refractivity contribution in [3.63, 3.8) is 0 Å². The molecule has 0 unspecified atom stereocenters. The molecule has 1 N–H and O–H groups in total. The van der Waals surface area contributed by atoms with Gasteiger partial charge in [-0.25, -0.2) is 0 Å². The van der Waals surface area contributed by atoms with Crippen molar-refractivity contribution in [2.45, 2.75) is 31.7 Å². The number of anilines is 1. The Labute approximate surface area is 134 Å². The molecule has 1 aliphatic rings. The molecule has 110 valence electrons. The molecule has 0 saturated heterocycles. The van der Waals surface area contributed by atoms with Crippen molar-refractivity contribution >= 4 is 21.6 Å². The monoisotopic (exact) mass is 345 g/mol. The maximum absolute atomic E-state index is 5.26. The number of methoxy groups -OCH3 is 1. The van der Waals surface area contributed by atoms with Crippen molar-refractivity contribution in [1.29, 1.82) is 0 Å². The molecule has 3 rings (SSSR count). The van der Waals surface area contributed by atoms with Crippen molar-refractivity contribution < 1.29 is 4.74 Å².